The second-order valence-electron chi connectivity index (χ2n) is 6.75. The van der Waals surface area contributed by atoms with Gasteiger partial charge < -0.3 is 15.5 Å². The van der Waals surface area contributed by atoms with E-state index < -0.39 is 0 Å². The van der Waals surface area contributed by atoms with Crippen molar-refractivity contribution in [3.63, 3.8) is 0 Å². The van der Waals surface area contributed by atoms with E-state index in [1.54, 1.807) is 0 Å². The van der Waals surface area contributed by atoms with Crippen molar-refractivity contribution in [3.8, 4) is 0 Å². The number of hydrogen-bond donors (Lipinski definition) is 2. The van der Waals surface area contributed by atoms with Crippen LogP contribution < -0.4 is 10.6 Å². The van der Waals surface area contributed by atoms with Gasteiger partial charge in [0.15, 0.2) is 0 Å². The summed E-state index contributed by atoms with van der Waals surface area (Å²) in [6, 6.07) is 5.74. The normalized spacial score (nSPS) is 20.8. The summed E-state index contributed by atoms with van der Waals surface area (Å²) in [6.45, 7) is 5.01. The van der Waals surface area contributed by atoms with Crippen LogP contribution in [-0.2, 0) is 17.6 Å². The summed E-state index contributed by atoms with van der Waals surface area (Å²) in [6.07, 6.45) is 6.06. The molecule has 0 bridgehead atoms. The Hall–Kier alpha value is -2.04. The largest absolute Gasteiger partial charge is 0.338 e. The molecule has 5 heteroatoms. The molecule has 1 atom stereocenters. The van der Waals surface area contributed by atoms with Crippen LogP contribution in [0.2, 0.25) is 0 Å². The van der Waals surface area contributed by atoms with Crippen LogP contribution in [0.15, 0.2) is 18.2 Å². The third-order valence-corrected chi connectivity index (χ3v) is 5.29. The van der Waals surface area contributed by atoms with Crippen LogP contribution in [-0.4, -0.2) is 35.5 Å². The van der Waals surface area contributed by atoms with E-state index in [1.807, 2.05) is 17.0 Å². The van der Waals surface area contributed by atoms with Crippen molar-refractivity contribution in [2.24, 2.45) is 0 Å². The Balaban J connectivity index is 1.57. The summed E-state index contributed by atoms with van der Waals surface area (Å²) in [4.78, 5) is 26.6. The predicted molar refractivity (Wildman–Crippen MR) is 95.1 cm³/mol. The number of rotatable bonds is 5. The molecule has 1 aromatic carbocycles. The number of nitrogens with one attached hydrogen (secondary N) is 2. The molecule has 1 saturated heterocycles. The van der Waals surface area contributed by atoms with Crippen molar-refractivity contribution in [2.45, 2.75) is 64.5 Å². The van der Waals surface area contributed by atoms with Crippen molar-refractivity contribution >= 4 is 17.6 Å². The van der Waals surface area contributed by atoms with Gasteiger partial charge in [-0.05, 0) is 61.8 Å². The zero-order valence-electron chi connectivity index (χ0n) is 14.6. The maximum atomic E-state index is 12.4. The lowest BCUT2D eigenvalue weighted by Gasteiger charge is -2.34. The number of urea groups is 1. The number of carbonyl (C=O) groups excluding carboxylic acids is 2. The lowest BCUT2D eigenvalue weighted by Crippen LogP contribution is -2.47. The van der Waals surface area contributed by atoms with Gasteiger partial charge in [-0.25, -0.2) is 4.79 Å². The first kappa shape index (κ1) is 16.8. The van der Waals surface area contributed by atoms with Crippen LogP contribution in [0, 0.1) is 0 Å². The molecular formula is C19H27N3O2. The summed E-state index contributed by atoms with van der Waals surface area (Å²) < 4.78 is 0. The van der Waals surface area contributed by atoms with E-state index in [9.17, 15) is 9.59 Å². The van der Waals surface area contributed by atoms with E-state index in [1.165, 1.54) is 17.5 Å². The van der Waals surface area contributed by atoms with Gasteiger partial charge in [0.1, 0.15) is 6.04 Å². The van der Waals surface area contributed by atoms with E-state index in [0.29, 0.717) is 12.5 Å². The second kappa shape index (κ2) is 7.24. The van der Waals surface area contributed by atoms with Crippen molar-refractivity contribution in [2.75, 3.05) is 11.9 Å². The molecule has 2 aliphatic rings. The van der Waals surface area contributed by atoms with E-state index >= 15 is 0 Å². The van der Waals surface area contributed by atoms with Crippen LogP contribution in [0.4, 0.5) is 10.5 Å². The van der Waals surface area contributed by atoms with Crippen LogP contribution >= 0.6 is 0 Å². The van der Waals surface area contributed by atoms with Crippen molar-refractivity contribution < 1.29 is 9.59 Å². The Kier molecular flexibility index (Phi) is 5.07. The van der Waals surface area contributed by atoms with Crippen LogP contribution in [0.25, 0.3) is 0 Å². The van der Waals surface area contributed by atoms with Gasteiger partial charge in [-0.3, -0.25) is 4.79 Å². The highest BCUT2D eigenvalue weighted by molar-refractivity contribution is 5.94. The van der Waals surface area contributed by atoms with Gasteiger partial charge in [-0.2, -0.15) is 0 Å². The quantitative estimate of drug-likeness (QED) is 0.872. The minimum absolute atomic E-state index is 0.0745. The third kappa shape index (κ3) is 3.40. The molecule has 2 fully saturated rings. The molecule has 1 saturated carbocycles. The Labute approximate surface area is 143 Å². The standard InChI is InChI=1S/C19H27N3O2/c1-3-13-8-9-15(12-14(13)4-2)20-19(24)21-17-10-11-22(18(17)23)16-6-5-7-16/h8-9,12,16-17H,3-7,10-11H2,1-2H3,(H2,20,21,24). The maximum absolute atomic E-state index is 12.4. The summed E-state index contributed by atoms with van der Waals surface area (Å²) in [7, 11) is 0. The van der Waals surface area contributed by atoms with Gasteiger partial charge in [-0.1, -0.05) is 19.9 Å². The topological polar surface area (TPSA) is 61.4 Å². The monoisotopic (exact) mass is 329 g/mol. The molecule has 1 heterocycles. The van der Waals surface area contributed by atoms with E-state index in [-0.39, 0.29) is 18.0 Å². The molecule has 1 aromatic rings. The number of anilines is 1. The first-order valence-corrected chi connectivity index (χ1v) is 9.12. The fourth-order valence-electron chi connectivity index (χ4n) is 3.60. The first-order valence-electron chi connectivity index (χ1n) is 9.12. The van der Waals surface area contributed by atoms with E-state index in [2.05, 4.69) is 30.5 Å². The molecule has 1 aliphatic carbocycles. The Morgan fingerprint density at radius 2 is 1.92 bits per heavy atom. The third-order valence-electron chi connectivity index (χ3n) is 5.29. The van der Waals surface area contributed by atoms with Crippen LogP contribution in [0.3, 0.4) is 0 Å². The van der Waals surface area contributed by atoms with E-state index in [0.717, 1.165) is 37.9 Å². The molecule has 0 spiro atoms. The lowest BCUT2D eigenvalue weighted by molar-refractivity contribution is -0.132. The number of hydrogen-bond acceptors (Lipinski definition) is 2. The SMILES string of the molecule is CCc1ccc(NC(=O)NC2CCN(C3CCC3)C2=O)cc1CC. The zero-order chi connectivity index (χ0) is 17.1. The number of nitrogens with zero attached hydrogens (tertiary/aromatic N) is 1. The zero-order valence-corrected chi connectivity index (χ0v) is 14.6. The number of amides is 3. The summed E-state index contributed by atoms with van der Waals surface area (Å²) in [5.74, 6) is 0.0745. The van der Waals surface area contributed by atoms with Crippen LogP contribution in [0.5, 0.6) is 0 Å². The highest BCUT2D eigenvalue weighted by Gasteiger charge is 2.38. The Bertz CT molecular complexity index is 625. The fraction of sp³-hybridized carbons (Fsp3) is 0.579. The van der Waals surface area contributed by atoms with Crippen molar-refractivity contribution in [1.82, 2.24) is 10.2 Å². The lowest BCUT2D eigenvalue weighted by atomic mass is 9.92. The molecule has 0 radical (unpaired) electrons. The summed E-state index contributed by atoms with van der Waals surface area (Å²) in [5.41, 5.74) is 3.34. The molecule has 1 aliphatic heterocycles. The molecule has 5 nitrogen and oxygen atoms in total. The van der Waals surface area contributed by atoms with Gasteiger partial charge >= 0.3 is 6.03 Å². The summed E-state index contributed by atoms with van der Waals surface area (Å²) in [5, 5.41) is 5.70. The second-order valence-corrected chi connectivity index (χ2v) is 6.75. The molecule has 2 N–H and O–H groups in total. The fourth-order valence-corrected chi connectivity index (χ4v) is 3.60. The smallest absolute Gasteiger partial charge is 0.319 e. The highest BCUT2D eigenvalue weighted by Crippen LogP contribution is 2.28. The predicted octanol–water partition coefficient (Wildman–Crippen LogP) is 3.09. The molecule has 24 heavy (non-hydrogen) atoms. The van der Waals surface area contributed by atoms with Crippen LogP contribution in [0.1, 0.15) is 50.7 Å². The molecule has 3 rings (SSSR count). The average Bonchev–Trinajstić information content (AvgIpc) is 2.87. The number of aryl methyl sites for hydroxylation is 2. The molecule has 0 aromatic heterocycles. The minimum atomic E-state index is -0.383. The molecule has 3 amide bonds. The van der Waals surface area contributed by atoms with Crippen molar-refractivity contribution in [1.29, 1.82) is 0 Å². The van der Waals surface area contributed by atoms with Gasteiger partial charge in [0.2, 0.25) is 5.91 Å². The van der Waals surface area contributed by atoms with E-state index in [4.69, 9.17) is 0 Å². The Morgan fingerprint density at radius 1 is 1.17 bits per heavy atom. The number of carbonyl (C=O) groups is 2. The number of benzene rings is 1. The van der Waals surface area contributed by atoms with Gasteiger partial charge in [0.25, 0.3) is 0 Å². The molecule has 1 unspecified atom stereocenters. The Morgan fingerprint density at radius 3 is 2.54 bits per heavy atom. The molecular weight excluding hydrogens is 302 g/mol. The first-order chi connectivity index (χ1) is 11.6. The average molecular weight is 329 g/mol. The van der Waals surface area contributed by atoms with Gasteiger partial charge in [0, 0.05) is 18.3 Å². The number of likely N-dealkylation sites (tertiary alicyclic amines) is 1. The van der Waals surface area contributed by atoms with Gasteiger partial charge in [0.05, 0.1) is 0 Å². The minimum Gasteiger partial charge on any atom is -0.338 e. The molecule has 130 valence electrons. The van der Waals surface area contributed by atoms with Gasteiger partial charge in [-0.15, -0.1) is 0 Å². The maximum Gasteiger partial charge on any atom is 0.319 e. The summed E-state index contributed by atoms with van der Waals surface area (Å²) >= 11 is 0. The van der Waals surface area contributed by atoms with Crippen molar-refractivity contribution in [3.05, 3.63) is 29.3 Å². The highest BCUT2D eigenvalue weighted by atomic mass is 16.2.